The summed E-state index contributed by atoms with van der Waals surface area (Å²) < 4.78 is 11.8. The molecule has 0 aliphatic rings. The summed E-state index contributed by atoms with van der Waals surface area (Å²) in [6.07, 6.45) is 1.90. The minimum Gasteiger partial charge on any atom is -0.497 e. The molecule has 0 fully saturated rings. The SMILES string of the molecule is COc1ccc2sc(N(Cc3ccco3)C(=O)Cc3ccc4ccccc4c3)nc2c1. The molecular formula is C25H20N2O3S. The summed E-state index contributed by atoms with van der Waals surface area (Å²) in [6, 6.07) is 23.7. The molecule has 0 atom stereocenters. The molecule has 5 nitrogen and oxygen atoms in total. The lowest BCUT2D eigenvalue weighted by molar-refractivity contribution is -0.118. The Hall–Kier alpha value is -3.64. The van der Waals surface area contributed by atoms with E-state index >= 15 is 0 Å². The highest BCUT2D eigenvalue weighted by molar-refractivity contribution is 7.22. The van der Waals surface area contributed by atoms with Gasteiger partial charge in [-0.25, -0.2) is 4.98 Å². The number of nitrogens with zero attached hydrogens (tertiary/aromatic N) is 2. The Labute approximate surface area is 183 Å². The first-order valence-electron chi connectivity index (χ1n) is 9.94. The number of hydrogen-bond acceptors (Lipinski definition) is 5. The summed E-state index contributed by atoms with van der Waals surface area (Å²) in [4.78, 5) is 19.8. The van der Waals surface area contributed by atoms with Gasteiger partial charge in [0.25, 0.3) is 0 Å². The van der Waals surface area contributed by atoms with Crippen molar-refractivity contribution in [1.82, 2.24) is 4.98 Å². The first-order chi connectivity index (χ1) is 15.2. The molecule has 154 valence electrons. The van der Waals surface area contributed by atoms with Crippen molar-refractivity contribution in [2.24, 2.45) is 0 Å². The molecular weight excluding hydrogens is 408 g/mol. The first-order valence-corrected chi connectivity index (χ1v) is 10.8. The van der Waals surface area contributed by atoms with E-state index in [9.17, 15) is 4.79 Å². The van der Waals surface area contributed by atoms with E-state index in [1.54, 1.807) is 18.3 Å². The number of ether oxygens (including phenoxy) is 1. The third kappa shape index (κ3) is 4.02. The Morgan fingerprint density at radius 2 is 1.90 bits per heavy atom. The number of benzene rings is 3. The molecule has 0 aliphatic heterocycles. The van der Waals surface area contributed by atoms with Gasteiger partial charge >= 0.3 is 0 Å². The Morgan fingerprint density at radius 1 is 1.03 bits per heavy atom. The van der Waals surface area contributed by atoms with Gasteiger partial charge in [-0.15, -0.1) is 0 Å². The quantitative estimate of drug-likeness (QED) is 0.342. The molecule has 0 N–H and O–H groups in total. The number of amides is 1. The Bertz CT molecular complexity index is 1360. The molecule has 6 heteroatoms. The van der Waals surface area contributed by atoms with E-state index < -0.39 is 0 Å². The number of methoxy groups -OCH3 is 1. The van der Waals surface area contributed by atoms with Crippen LogP contribution in [0.4, 0.5) is 5.13 Å². The Kier molecular flexibility index (Phi) is 5.14. The highest BCUT2D eigenvalue weighted by Crippen LogP contribution is 2.32. The molecule has 2 aromatic heterocycles. The minimum absolute atomic E-state index is 0.0299. The van der Waals surface area contributed by atoms with Crippen LogP contribution in [-0.4, -0.2) is 18.0 Å². The predicted molar refractivity (Wildman–Crippen MR) is 124 cm³/mol. The predicted octanol–water partition coefficient (Wildman–Crippen LogP) is 5.83. The van der Waals surface area contributed by atoms with E-state index in [-0.39, 0.29) is 12.3 Å². The van der Waals surface area contributed by atoms with Gasteiger partial charge in [0.2, 0.25) is 5.91 Å². The molecule has 0 unspecified atom stereocenters. The van der Waals surface area contributed by atoms with Crippen LogP contribution in [0.25, 0.3) is 21.0 Å². The molecule has 0 spiro atoms. The number of thiazole rings is 1. The molecule has 2 heterocycles. The van der Waals surface area contributed by atoms with Gasteiger partial charge in [0.05, 0.1) is 36.6 Å². The van der Waals surface area contributed by atoms with Crippen molar-refractivity contribution in [2.45, 2.75) is 13.0 Å². The van der Waals surface area contributed by atoms with Crippen molar-refractivity contribution in [3.63, 3.8) is 0 Å². The van der Waals surface area contributed by atoms with Crippen molar-refractivity contribution in [3.05, 3.63) is 90.4 Å². The zero-order chi connectivity index (χ0) is 21.2. The third-order valence-corrected chi connectivity index (χ3v) is 6.24. The summed E-state index contributed by atoms with van der Waals surface area (Å²) in [5.74, 6) is 1.42. The van der Waals surface area contributed by atoms with Gasteiger partial charge in [0.1, 0.15) is 11.5 Å². The highest BCUT2D eigenvalue weighted by Gasteiger charge is 2.22. The largest absolute Gasteiger partial charge is 0.497 e. The van der Waals surface area contributed by atoms with E-state index in [1.165, 1.54) is 11.3 Å². The van der Waals surface area contributed by atoms with Gasteiger partial charge in [-0.1, -0.05) is 53.8 Å². The fraction of sp³-hybridized carbons (Fsp3) is 0.120. The molecule has 5 rings (SSSR count). The molecule has 0 aliphatic carbocycles. The van der Waals surface area contributed by atoms with Crippen LogP contribution in [0.1, 0.15) is 11.3 Å². The summed E-state index contributed by atoms with van der Waals surface area (Å²) in [7, 11) is 1.63. The lowest BCUT2D eigenvalue weighted by Crippen LogP contribution is -2.31. The normalized spacial score (nSPS) is 11.1. The average molecular weight is 429 g/mol. The second kappa shape index (κ2) is 8.24. The lowest BCUT2D eigenvalue weighted by Gasteiger charge is -2.19. The number of rotatable bonds is 6. The molecule has 31 heavy (non-hydrogen) atoms. The fourth-order valence-corrected chi connectivity index (χ4v) is 4.54. The topological polar surface area (TPSA) is 55.6 Å². The first kappa shape index (κ1) is 19.3. The van der Waals surface area contributed by atoms with Crippen molar-refractivity contribution in [3.8, 4) is 5.75 Å². The second-order valence-electron chi connectivity index (χ2n) is 7.25. The van der Waals surface area contributed by atoms with Crippen LogP contribution in [0.3, 0.4) is 0 Å². The number of furan rings is 1. The number of carbonyl (C=O) groups excluding carboxylic acids is 1. The summed E-state index contributed by atoms with van der Waals surface area (Å²) in [6.45, 7) is 0.330. The van der Waals surface area contributed by atoms with Crippen LogP contribution in [-0.2, 0) is 17.8 Å². The maximum absolute atomic E-state index is 13.4. The second-order valence-corrected chi connectivity index (χ2v) is 8.26. The van der Waals surface area contributed by atoms with Crippen molar-refractivity contribution in [2.75, 3.05) is 12.0 Å². The molecule has 3 aromatic carbocycles. The molecule has 1 amide bonds. The molecule has 0 bridgehead atoms. The van der Waals surface area contributed by atoms with E-state index in [2.05, 4.69) is 24.3 Å². The van der Waals surface area contributed by atoms with Crippen LogP contribution in [0, 0.1) is 0 Å². The maximum Gasteiger partial charge on any atom is 0.233 e. The summed E-state index contributed by atoms with van der Waals surface area (Å²) >= 11 is 1.48. The summed E-state index contributed by atoms with van der Waals surface area (Å²) in [5, 5.41) is 2.93. The molecule has 5 aromatic rings. The summed E-state index contributed by atoms with van der Waals surface area (Å²) in [5.41, 5.74) is 1.78. The number of anilines is 1. The molecule has 0 radical (unpaired) electrons. The lowest BCUT2D eigenvalue weighted by atomic mass is 10.0. The van der Waals surface area contributed by atoms with Crippen molar-refractivity contribution >= 4 is 43.4 Å². The van der Waals surface area contributed by atoms with E-state index in [0.717, 1.165) is 32.3 Å². The minimum atomic E-state index is -0.0299. The van der Waals surface area contributed by atoms with Crippen LogP contribution in [0.5, 0.6) is 5.75 Å². The molecule has 0 saturated carbocycles. The van der Waals surface area contributed by atoms with Gasteiger partial charge in [-0.2, -0.15) is 0 Å². The molecule has 0 saturated heterocycles. The van der Waals surface area contributed by atoms with Crippen molar-refractivity contribution < 1.29 is 13.9 Å². The fourth-order valence-electron chi connectivity index (χ4n) is 3.58. The number of hydrogen-bond donors (Lipinski definition) is 0. The number of carbonyl (C=O) groups is 1. The standard InChI is InChI=1S/C25H20N2O3S/c1-29-20-10-11-23-22(15-20)26-25(31-23)27(16-21-7-4-12-30-21)24(28)14-17-8-9-18-5-2-3-6-19(18)13-17/h2-13,15H,14,16H2,1H3. The van der Waals surface area contributed by atoms with Crippen LogP contribution in [0.15, 0.2) is 83.5 Å². The van der Waals surface area contributed by atoms with Gasteiger partial charge in [0, 0.05) is 6.07 Å². The zero-order valence-corrected chi connectivity index (χ0v) is 17.8. The smallest absolute Gasteiger partial charge is 0.233 e. The Morgan fingerprint density at radius 3 is 2.71 bits per heavy atom. The van der Waals surface area contributed by atoms with E-state index in [1.807, 2.05) is 48.5 Å². The highest BCUT2D eigenvalue weighted by atomic mass is 32.1. The van der Waals surface area contributed by atoms with Gasteiger partial charge < -0.3 is 9.15 Å². The van der Waals surface area contributed by atoms with Crippen LogP contribution >= 0.6 is 11.3 Å². The zero-order valence-electron chi connectivity index (χ0n) is 16.9. The van der Waals surface area contributed by atoms with Gasteiger partial charge in [-0.05, 0) is 40.6 Å². The maximum atomic E-state index is 13.4. The van der Waals surface area contributed by atoms with Gasteiger partial charge in [-0.3, -0.25) is 9.69 Å². The number of fused-ring (bicyclic) bond motifs is 2. The van der Waals surface area contributed by atoms with Gasteiger partial charge in [0.15, 0.2) is 5.13 Å². The van der Waals surface area contributed by atoms with E-state index in [4.69, 9.17) is 14.1 Å². The van der Waals surface area contributed by atoms with E-state index in [0.29, 0.717) is 17.4 Å². The third-order valence-electron chi connectivity index (χ3n) is 5.18. The monoisotopic (exact) mass is 428 g/mol. The average Bonchev–Trinajstić information content (AvgIpc) is 3.46. The van der Waals surface area contributed by atoms with Crippen LogP contribution < -0.4 is 9.64 Å². The van der Waals surface area contributed by atoms with Crippen molar-refractivity contribution in [1.29, 1.82) is 0 Å². The van der Waals surface area contributed by atoms with Crippen LogP contribution in [0.2, 0.25) is 0 Å². The number of aromatic nitrogens is 1. The Balaban J connectivity index is 1.48.